The predicted molar refractivity (Wildman–Crippen MR) is 77.2 cm³/mol. The molecule has 2 heterocycles. The van der Waals surface area contributed by atoms with Crippen LogP contribution in [-0.4, -0.2) is 55.5 Å². The smallest absolute Gasteiger partial charge is 0.243 e. The second-order valence-electron chi connectivity index (χ2n) is 4.97. The van der Waals surface area contributed by atoms with Gasteiger partial charge in [0.25, 0.3) is 0 Å². The molecule has 0 aliphatic carbocycles. The molecule has 9 nitrogen and oxygen atoms in total. The lowest BCUT2D eigenvalue weighted by atomic mass is 10.1. The number of nitrogen functional groups attached to an aromatic ring is 1. The molecule has 20 heavy (non-hydrogen) atoms. The zero-order chi connectivity index (χ0) is 14.8. The number of anilines is 3. The highest BCUT2D eigenvalue weighted by Crippen LogP contribution is 2.19. The minimum absolute atomic E-state index is 0.0915. The van der Waals surface area contributed by atoms with E-state index in [0.717, 1.165) is 0 Å². The number of hydrazine groups is 1. The van der Waals surface area contributed by atoms with Crippen molar-refractivity contribution in [3.8, 4) is 0 Å². The lowest BCUT2D eigenvalue weighted by Gasteiger charge is -2.14. The van der Waals surface area contributed by atoms with Crippen LogP contribution in [0.4, 0.5) is 17.8 Å². The van der Waals surface area contributed by atoms with Crippen molar-refractivity contribution in [1.82, 2.24) is 15.0 Å². The van der Waals surface area contributed by atoms with Crippen LogP contribution >= 0.6 is 0 Å². The Balaban J connectivity index is 2.04. The van der Waals surface area contributed by atoms with Crippen molar-refractivity contribution in [1.29, 1.82) is 0 Å². The van der Waals surface area contributed by atoms with Crippen LogP contribution in [0.3, 0.4) is 0 Å². The summed E-state index contributed by atoms with van der Waals surface area (Å²) in [7, 11) is 0.749. The van der Waals surface area contributed by atoms with Crippen LogP contribution in [-0.2, 0) is 9.84 Å². The summed E-state index contributed by atoms with van der Waals surface area (Å²) in [4.78, 5) is 14.1. The largest absolute Gasteiger partial charge is 0.354 e. The first-order valence-electron chi connectivity index (χ1n) is 6.24. The fraction of sp³-hybridized carbons (Fsp3) is 0.700. The summed E-state index contributed by atoms with van der Waals surface area (Å²) in [6.07, 6.45) is 0.670. The van der Waals surface area contributed by atoms with Crippen LogP contribution in [0.5, 0.6) is 0 Å². The Morgan fingerprint density at radius 1 is 1.30 bits per heavy atom. The Bertz CT molecular complexity index is 575. The van der Waals surface area contributed by atoms with Gasteiger partial charge in [0.15, 0.2) is 9.84 Å². The van der Waals surface area contributed by atoms with Crippen molar-refractivity contribution in [2.75, 3.05) is 47.8 Å². The minimum Gasteiger partial charge on any atom is -0.354 e. The molecule has 0 radical (unpaired) electrons. The molecule has 1 unspecified atom stereocenters. The molecule has 112 valence electrons. The summed E-state index contributed by atoms with van der Waals surface area (Å²) in [6, 6.07) is 0. The topological polar surface area (TPSA) is 126 Å². The van der Waals surface area contributed by atoms with E-state index in [1.807, 2.05) is 14.1 Å². The van der Waals surface area contributed by atoms with Crippen molar-refractivity contribution in [2.24, 2.45) is 11.8 Å². The second kappa shape index (κ2) is 5.75. The molecule has 0 aromatic carbocycles. The molecule has 1 aliphatic heterocycles. The van der Waals surface area contributed by atoms with Gasteiger partial charge in [0.1, 0.15) is 0 Å². The van der Waals surface area contributed by atoms with E-state index in [0.29, 0.717) is 24.9 Å². The van der Waals surface area contributed by atoms with Crippen molar-refractivity contribution < 1.29 is 8.42 Å². The minimum atomic E-state index is -2.87. The summed E-state index contributed by atoms with van der Waals surface area (Å²) in [6.45, 7) is 0.514. The van der Waals surface area contributed by atoms with E-state index < -0.39 is 9.84 Å². The molecule has 0 spiro atoms. The Morgan fingerprint density at radius 2 is 2.00 bits per heavy atom. The first kappa shape index (κ1) is 14.7. The molecule has 10 heteroatoms. The third kappa shape index (κ3) is 3.67. The summed E-state index contributed by atoms with van der Waals surface area (Å²) < 4.78 is 22.8. The molecule has 4 N–H and O–H groups in total. The van der Waals surface area contributed by atoms with Gasteiger partial charge in [-0.2, -0.15) is 15.0 Å². The van der Waals surface area contributed by atoms with Gasteiger partial charge in [-0.3, -0.25) is 5.43 Å². The van der Waals surface area contributed by atoms with Gasteiger partial charge in [0.2, 0.25) is 17.8 Å². The van der Waals surface area contributed by atoms with Gasteiger partial charge in [0.05, 0.1) is 11.5 Å². The zero-order valence-corrected chi connectivity index (χ0v) is 12.3. The normalized spacial score (nSPS) is 20.6. The van der Waals surface area contributed by atoms with E-state index in [4.69, 9.17) is 5.84 Å². The standard InChI is InChI=1S/C10H19N7O2S/c1-17(2)10-14-8(13-9(15-10)16-11)12-5-7-3-4-20(18,19)6-7/h7H,3-6,11H2,1-2H3,(H2,12,13,14,15,16). The van der Waals surface area contributed by atoms with Gasteiger partial charge in [0, 0.05) is 20.6 Å². The van der Waals surface area contributed by atoms with Gasteiger partial charge in [-0.15, -0.1) is 0 Å². The molecule has 0 amide bonds. The molecule has 1 fully saturated rings. The SMILES string of the molecule is CN(C)c1nc(NN)nc(NCC2CCS(=O)(=O)C2)n1. The van der Waals surface area contributed by atoms with Crippen molar-refractivity contribution in [3.05, 3.63) is 0 Å². The molecular formula is C10H19N7O2S. The summed E-state index contributed by atoms with van der Waals surface area (Å²) >= 11 is 0. The van der Waals surface area contributed by atoms with Crippen LogP contribution in [0.2, 0.25) is 0 Å². The molecule has 1 atom stereocenters. The summed E-state index contributed by atoms with van der Waals surface area (Å²) in [5.41, 5.74) is 2.38. The molecular weight excluding hydrogens is 282 g/mol. The van der Waals surface area contributed by atoms with Crippen molar-refractivity contribution in [3.63, 3.8) is 0 Å². The number of sulfone groups is 1. The van der Waals surface area contributed by atoms with Crippen LogP contribution in [0, 0.1) is 5.92 Å². The van der Waals surface area contributed by atoms with E-state index in [-0.39, 0.29) is 23.4 Å². The van der Waals surface area contributed by atoms with Gasteiger partial charge < -0.3 is 10.2 Å². The van der Waals surface area contributed by atoms with E-state index in [1.165, 1.54) is 0 Å². The molecule has 0 saturated carbocycles. The average Bonchev–Trinajstić information content (AvgIpc) is 2.75. The number of hydrogen-bond donors (Lipinski definition) is 3. The number of aromatic nitrogens is 3. The Labute approximate surface area is 117 Å². The fourth-order valence-electron chi connectivity index (χ4n) is 1.98. The maximum atomic E-state index is 11.4. The van der Waals surface area contributed by atoms with Crippen LogP contribution in [0.1, 0.15) is 6.42 Å². The number of nitrogens with one attached hydrogen (secondary N) is 2. The second-order valence-corrected chi connectivity index (χ2v) is 7.20. The van der Waals surface area contributed by atoms with Crippen LogP contribution in [0.15, 0.2) is 0 Å². The number of nitrogens with zero attached hydrogens (tertiary/aromatic N) is 4. The van der Waals surface area contributed by atoms with Crippen LogP contribution in [0.25, 0.3) is 0 Å². The number of nitrogens with two attached hydrogens (primary N) is 1. The van der Waals surface area contributed by atoms with E-state index >= 15 is 0 Å². The number of hydrogen-bond acceptors (Lipinski definition) is 9. The zero-order valence-electron chi connectivity index (χ0n) is 11.5. The van der Waals surface area contributed by atoms with Crippen LogP contribution < -0.4 is 21.5 Å². The molecule has 1 aliphatic rings. The monoisotopic (exact) mass is 301 g/mol. The molecule has 1 aromatic heterocycles. The highest BCUT2D eigenvalue weighted by molar-refractivity contribution is 7.91. The van der Waals surface area contributed by atoms with Crippen molar-refractivity contribution >= 4 is 27.7 Å². The highest BCUT2D eigenvalue weighted by atomic mass is 32.2. The molecule has 2 rings (SSSR count). The maximum absolute atomic E-state index is 11.4. The van der Waals surface area contributed by atoms with Gasteiger partial charge in [-0.25, -0.2) is 14.3 Å². The van der Waals surface area contributed by atoms with E-state index in [9.17, 15) is 8.42 Å². The fourth-order valence-corrected chi connectivity index (χ4v) is 3.84. The van der Waals surface area contributed by atoms with E-state index in [1.54, 1.807) is 4.90 Å². The van der Waals surface area contributed by atoms with Gasteiger partial charge >= 0.3 is 0 Å². The molecule has 1 saturated heterocycles. The Morgan fingerprint density at radius 3 is 2.55 bits per heavy atom. The summed E-state index contributed by atoms with van der Waals surface area (Å²) in [5.74, 6) is 6.98. The highest BCUT2D eigenvalue weighted by Gasteiger charge is 2.27. The average molecular weight is 301 g/mol. The first-order chi connectivity index (χ1) is 9.39. The molecule has 0 bridgehead atoms. The van der Waals surface area contributed by atoms with Gasteiger partial charge in [-0.1, -0.05) is 0 Å². The Hall–Kier alpha value is -1.68. The first-order valence-corrected chi connectivity index (χ1v) is 8.06. The third-order valence-corrected chi connectivity index (χ3v) is 4.87. The summed E-state index contributed by atoms with van der Waals surface area (Å²) in [5, 5.41) is 3.05. The van der Waals surface area contributed by atoms with E-state index in [2.05, 4.69) is 25.7 Å². The lowest BCUT2D eigenvalue weighted by Crippen LogP contribution is -2.21. The molecule has 1 aromatic rings. The third-order valence-electron chi connectivity index (χ3n) is 3.03. The lowest BCUT2D eigenvalue weighted by molar-refractivity contribution is 0.595. The van der Waals surface area contributed by atoms with Crippen molar-refractivity contribution in [2.45, 2.75) is 6.42 Å². The quantitative estimate of drug-likeness (QED) is 0.467. The number of rotatable bonds is 5. The maximum Gasteiger partial charge on any atom is 0.243 e. The predicted octanol–water partition coefficient (Wildman–Crippen LogP) is -0.930. The van der Waals surface area contributed by atoms with Gasteiger partial charge in [-0.05, 0) is 12.3 Å². The Kier molecular flexibility index (Phi) is 4.23.